The first kappa shape index (κ1) is 23.3. The van der Waals surface area contributed by atoms with Crippen LogP contribution in [0.2, 0.25) is 0 Å². The lowest BCUT2D eigenvalue weighted by Crippen LogP contribution is -2.32. The molecule has 0 unspecified atom stereocenters. The van der Waals surface area contributed by atoms with Crippen molar-refractivity contribution in [2.45, 2.75) is 11.8 Å². The molecule has 0 aliphatic heterocycles. The zero-order valence-electron chi connectivity index (χ0n) is 17.9. The molecule has 3 rings (SSSR count). The summed E-state index contributed by atoms with van der Waals surface area (Å²) in [5, 5.41) is 0. The monoisotopic (exact) mass is 456 g/mol. The molecule has 0 radical (unpaired) electrons. The molecule has 0 atom stereocenters. The lowest BCUT2D eigenvalue weighted by molar-refractivity contribution is 0.0773. The first-order valence-electron chi connectivity index (χ1n) is 10.1. The maximum atomic E-state index is 13.2. The Bertz CT molecular complexity index is 1150. The maximum Gasteiger partial charge on any atom is 0.264 e. The number of anilines is 1. The Kier molecular flexibility index (Phi) is 7.48. The van der Waals surface area contributed by atoms with Crippen molar-refractivity contribution in [2.75, 3.05) is 31.0 Å². The van der Waals surface area contributed by atoms with Gasteiger partial charge in [-0.2, -0.15) is 0 Å². The molecule has 168 valence electrons. The molecule has 0 aliphatic carbocycles. The summed E-state index contributed by atoms with van der Waals surface area (Å²) in [5.74, 6) is -0.179. The van der Waals surface area contributed by atoms with Crippen molar-refractivity contribution in [1.29, 1.82) is 0 Å². The van der Waals surface area contributed by atoms with E-state index in [2.05, 4.69) is 0 Å². The molecule has 0 saturated carbocycles. The number of likely N-dealkylation sites (N-methyl/N-ethyl adjacent to an activating group) is 1. The van der Waals surface area contributed by atoms with Gasteiger partial charge in [-0.3, -0.25) is 9.10 Å². The second kappa shape index (κ2) is 10.3. The lowest BCUT2D eigenvalue weighted by atomic mass is 10.2. The van der Waals surface area contributed by atoms with Gasteiger partial charge in [-0.05, 0) is 61.5 Å². The summed E-state index contributed by atoms with van der Waals surface area (Å²) in [6, 6.07) is 20.4. The van der Waals surface area contributed by atoms with Crippen LogP contribution < -0.4 is 9.04 Å². The molecule has 0 fully saturated rings. The number of rotatable bonds is 9. The average molecular weight is 457 g/mol. The molecule has 3 aromatic rings. The van der Waals surface area contributed by atoms with Crippen LogP contribution in [0.5, 0.6) is 5.75 Å². The number of halogens is 1. The first-order chi connectivity index (χ1) is 15.3. The first-order valence-corrected chi connectivity index (χ1v) is 11.6. The quantitative estimate of drug-likeness (QED) is 0.484. The van der Waals surface area contributed by atoms with Crippen LogP contribution in [0.25, 0.3) is 0 Å². The van der Waals surface area contributed by atoms with Gasteiger partial charge in [0, 0.05) is 19.2 Å². The molecule has 32 heavy (non-hydrogen) atoms. The van der Waals surface area contributed by atoms with Gasteiger partial charge in [0.1, 0.15) is 18.2 Å². The summed E-state index contributed by atoms with van der Waals surface area (Å²) in [7, 11) is -2.22. The molecule has 0 N–H and O–H groups in total. The number of hydrogen-bond acceptors (Lipinski definition) is 4. The minimum atomic E-state index is -3.84. The van der Waals surface area contributed by atoms with E-state index >= 15 is 0 Å². The third-order valence-electron chi connectivity index (χ3n) is 4.86. The van der Waals surface area contributed by atoms with Gasteiger partial charge in [-0.1, -0.05) is 24.3 Å². The van der Waals surface area contributed by atoms with Crippen LogP contribution in [-0.4, -0.2) is 46.0 Å². The summed E-state index contributed by atoms with van der Waals surface area (Å²) in [6.45, 7) is 2.50. The van der Waals surface area contributed by atoms with Crippen molar-refractivity contribution in [3.8, 4) is 5.75 Å². The van der Waals surface area contributed by atoms with E-state index in [9.17, 15) is 17.6 Å². The predicted molar refractivity (Wildman–Crippen MR) is 122 cm³/mol. The Morgan fingerprint density at radius 3 is 2.31 bits per heavy atom. The molecule has 0 aromatic heterocycles. The highest BCUT2D eigenvalue weighted by Gasteiger charge is 2.25. The zero-order valence-corrected chi connectivity index (χ0v) is 18.8. The molecular formula is C24H25FN2O4S. The Labute approximate surface area is 187 Å². The molecule has 0 bridgehead atoms. The number of benzene rings is 3. The number of amides is 1. The van der Waals surface area contributed by atoms with Crippen molar-refractivity contribution in [3.05, 3.63) is 90.2 Å². The minimum absolute atomic E-state index is 0.0463. The highest BCUT2D eigenvalue weighted by Crippen LogP contribution is 2.24. The van der Waals surface area contributed by atoms with E-state index in [1.165, 1.54) is 45.6 Å². The molecule has 8 heteroatoms. The van der Waals surface area contributed by atoms with Crippen LogP contribution >= 0.6 is 0 Å². The van der Waals surface area contributed by atoms with Gasteiger partial charge in [-0.25, -0.2) is 12.8 Å². The van der Waals surface area contributed by atoms with E-state index in [1.807, 2.05) is 6.07 Å². The standard InChI is InChI=1S/C24H25FN2O4S/c1-3-27(21-9-5-4-6-10-21)32(29,30)23-11-7-8-19(18-23)24(28)26(2)16-17-31-22-14-12-20(25)13-15-22/h4-15,18H,3,16-17H2,1-2H3. The topological polar surface area (TPSA) is 66.9 Å². The average Bonchev–Trinajstić information content (AvgIpc) is 2.81. The largest absolute Gasteiger partial charge is 0.492 e. The number of hydrogen-bond donors (Lipinski definition) is 0. The van der Waals surface area contributed by atoms with Crippen molar-refractivity contribution in [1.82, 2.24) is 4.90 Å². The van der Waals surface area contributed by atoms with E-state index in [0.29, 0.717) is 11.4 Å². The second-order valence-corrected chi connectivity index (χ2v) is 8.92. The zero-order chi connectivity index (χ0) is 23.1. The normalized spacial score (nSPS) is 11.1. The Morgan fingerprint density at radius 2 is 1.66 bits per heavy atom. The van der Waals surface area contributed by atoms with Crippen molar-refractivity contribution in [2.24, 2.45) is 0 Å². The Morgan fingerprint density at radius 1 is 0.969 bits per heavy atom. The highest BCUT2D eigenvalue weighted by atomic mass is 32.2. The third-order valence-corrected chi connectivity index (χ3v) is 6.76. The number of ether oxygens (including phenoxy) is 1. The third kappa shape index (κ3) is 5.45. The van der Waals surface area contributed by atoms with E-state index in [1.54, 1.807) is 50.4 Å². The van der Waals surface area contributed by atoms with Gasteiger partial charge in [0.05, 0.1) is 17.1 Å². The Balaban J connectivity index is 1.71. The number of nitrogens with zero attached hydrogens (tertiary/aromatic N) is 2. The smallest absolute Gasteiger partial charge is 0.264 e. The fourth-order valence-electron chi connectivity index (χ4n) is 3.16. The van der Waals surface area contributed by atoms with Crippen LogP contribution in [0, 0.1) is 5.82 Å². The summed E-state index contributed by atoms with van der Waals surface area (Å²) in [4.78, 5) is 14.3. The van der Waals surface area contributed by atoms with E-state index in [-0.39, 0.29) is 41.9 Å². The number of sulfonamides is 1. The van der Waals surface area contributed by atoms with Crippen molar-refractivity contribution in [3.63, 3.8) is 0 Å². The molecule has 1 amide bonds. The number of para-hydroxylation sites is 1. The second-order valence-electron chi connectivity index (χ2n) is 7.06. The van der Waals surface area contributed by atoms with E-state index in [0.717, 1.165) is 0 Å². The molecule has 0 saturated heterocycles. The summed E-state index contributed by atoms with van der Waals surface area (Å²) in [6.07, 6.45) is 0. The fourth-order valence-corrected chi connectivity index (χ4v) is 4.68. The van der Waals surface area contributed by atoms with E-state index < -0.39 is 10.0 Å². The molecule has 0 spiro atoms. The molecule has 3 aromatic carbocycles. The molecular weight excluding hydrogens is 431 g/mol. The van der Waals surface area contributed by atoms with Gasteiger partial charge < -0.3 is 9.64 Å². The summed E-state index contributed by atoms with van der Waals surface area (Å²) >= 11 is 0. The lowest BCUT2D eigenvalue weighted by Gasteiger charge is -2.23. The fraction of sp³-hybridized carbons (Fsp3) is 0.208. The summed E-state index contributed by atoms with van der Waals surface area (Å²) in [5.41, 5.74) is 0.821. The van der Waals surface area contributed by atoms with Crippen LogP contribution in [0.4, 0.5) is 10.1 Å². The molecule has 0 heterocycles. The van der Waals surface area contributed by atoms with Crippen LogP contribution in [0.15, 0.2) is 83.8 Å². The summed E-state index contributed by atoms with van der Waals surface area (Å²) < 4.78 is 46.2. The van der Waals surface area contributed by atoms with Gasteiger partial charge in [0.15, 0.2) is 0 Å². The van der Waals surface area contributed by atoms with Crippen LogP contribution in [0.1, 0.15) is 17.3 Å². The van der Waals surface area contributed by atoms with Gasteiger partial charge >= 0.3 is 0 Å². The van der Waals surface area contributed by atoms with E-state index in [4.69, 9.17) is 4.74 Å². The predicted octanol–water partition coefficient (Wildman–Crippen LogP) is 4.19. The van der Waals surface area contributed by atoms with Crippen LogP contribution in [0.3, 0.4) is 0 Å². The van der Waals surface area contributed by atoms with Gasteiger partial charge in [0.2, 0.25) is 0 Å². The minimum Gasteiger partial charge on any atom is -0.492 e. The number of carbonyl (C=O) groups is 1. The van der Waals surface area contributed by atoms with Crippen LogP contribution in [-0.2, 0) is 10.0 Å². The Hall–Kier alpha value is -3.39. The van der Waals surface area contributed by atoms with Crippen molar-refractivity contribution < 1.29 is 22.3 Å². The van der Waals surface area contributed by atoms with Crippen molar-refractivity contribution >= 4 is 21.6 Å². The maximum absolute atomic E-state index is 13.2. The highest BCUT2D eigenvalue weighted by molar-refractivity contribution is 7.92. The van der Waals surface area contributed by atoms with Gasteiger partial charge in [-0.15, -0.1) is 0 Å². The van der Waals surface area contributed by atoms with Gasteiger partial charge in [0.25, 0.3) is 15.9 Å². The SMILES string of the molecule is CCN(c1ccccc1)S(=O)(=O)c1cccc(C(=O)N(C)CCOc2ccc(F)cc2)c1. The number of carbonyl (C=O) groups excluding carboxylic acids is 1. The molecule has 0 aliphatic rings. The molecule has 6 nitrogen and oxygen atoms in total.